The summed E-state index contributed by atoms with van der Waals surface area (Å²) >= 11 is 0. The van der Waals surface area contributed by atoms with Crippen LogP contribution in [-0.2, 0) is 20.9 Å². The maximum absolute atomic E-state index is 12.1. The van der Waals surface area contributed by atoms with Gasteiger partial charge in [-0.05, 0) is 31.4 Å². The number of amides is 1. The average Bonchev–Trinajstić information content (AvgIpc) is 2.72. The first-order valence-corrected chi connectivity index (χ1v) is 9.77. The number of ether oxygens (including phenoxy) is 1. The number of nitrogen functional groups attached to an aromatic ring is 1. The number of nitrogens with two attached hydrogens (primary N) is 1. The van der Waals surface area contributed by atoms with E-state index < -0.39 is 5.97 Å². The standard InChI is InChI=1S/C20H26N6O3/c1-13-7-5-6-10-15(13)23-20-25-16(24-19(21)26-20)12-29-17(27)11-22-18(28)14-8-3-2-4-9-14/h5-7,10,14H,2-4,8-9,11-12H2,1H3,(H,22,28)(H3,21,23,24,25,26). The quantitative estimate of drug-likeness (QED) is 0.605. The molecule has 1 aromatic heterocycles. The largest absolute Gasteiger partial charge is 0.456 e. The van der Waals surface area contributed by atoms with Gasteiger partial charge in [-0.1, -0.05) is 37.5 Å². The molecule has 1 aliphatic carbocycles. The van der Waals surface area contributed by atoms with Gasteiger partial charge in [0.1, 0.15) is 6.54 Å². The number of nitrogens with zero attached hydrogens (tertiary/aromatic N) is 3. The number of carbonyl (C=O) groups is 2. The van der Waals surface area contributed by atoms with Crippen molar-refractivity contribution in [3.05, 3.63) is 35.7 Å². The highest BCUT2D eigenvalue weighted by Gasteiger charge is 2.21. The fourth-order valence-electron chi connectivity index (χ4n) is 3.26. The number of aryl methyl sites for hydroxylation is 1. The minimum absolute atomic E-state index is 0.00467. The van der Waals surface area contributed by atoms with Crippen molar-refractivity contribution in [1.29, 1.82) is 0 Å². The predicted octanol–water partition coefficient (Wildman–Crippen LogP) is 2.25. The van der Waals surface area contributed by atoms with Crippen molar-refractivity contribution in [1.82, 2.24) is 20.3 Å². The molecule has 1 aliphatic rings. The van der Waals surface area contributed by atoms with Crippen LogP contribution in [0.25, 0.3) is 0 Å². The molecule has 29 heavy (non-hydrogen) atoms. The Labute approximate surface area is 169 Å². The van der Waals surface area contributed by atoms with Gasteiger partial charge in [-0.15, -0.1) is 0 Å². The van der Waals surface area contributed by atoms with Gasteiger partial charge in [0, 0.05) is 11.6 Å². The maximum Gasteiger partial charge on any atom is 0.325 e. The second-order valence-electron chi connectivity index (χ2n) is 7.09. The number of aromatic nitrogens is 3. The SMILES string of the molecule is Cc1ccccc1Nc1nc(N)nc(COC(=O)CNC(=O)C2CCCCC2)n1. The molecule has 0 atom stereocenters. The maximum atomic E-state index is 12.1. The normalized spacial score (nSPS) is 14.2. The smallest absolute Gasteiger partial charge is 0.325 e. The van der Waals surface area contributed by atoms with E-state index in [1.54, 1.807) is 0 Å². The summed E-state index contributed by atoms with van der Waals surface area (Å²) < 4.78 is 5.16. The summed E-state index contributed by atoms with van der Waals surface area (Å²) in [6.45, 7) is 1.62. The Balaban J connectivity index is 1.50. The molecule has 0 saturated heterocycles. The highest BCUT2D eigenvalue weighted by Crippen LogP contribution is 2.23. The lowest BCUT2D eigenvalue weighted by atomic mass is 9.89. The summed E-state index contributed by atoms with van der Waals surface area (Å²) in [6.07, 6.45) is 5.04. The van der Waals surface area contributed by atoms with Gasteiger partial charge in [0.25, 0.3) is 0 Å². The van der Waals surface area contributed by atoms with Crippen LogP contribution in [0.15, 0.2) is 24.3 Å². The number of hydrogen-bond donors (Lipinski definition) is 3. The van der Waals surface area contributed by atoms with Gasteiger partial charge in [-0.25, -0.2) is 0 Å². The van der Waals surface area contributed by atoms with Crippen molar-refractivity contribution in [2.75, 3.05) is 17.6 Å². The van der Waals surface area contributed by atoms with E-state index in [0.717, 1.165) is 36.9 Å². The van der Waals surface area contributed by atoms with Crippen LogP contribution in [0.4, 0.5) is 17.6 Å². The Morgan fingerprint density at radius 1 is 1.14 bits per heavy atom. The van der Waals surface area contributed by atoms with Crippen LogP contribution < -0.4 is 16.4 Å². The van der Waals surface area contributed by atoms with E-state index >= 15 is 0 Å². The van der Waals surface area contributed by atoms with E-state index in [1.807, 2.05) is 31.2 Å². The van der Waals surface area contributed by atoms with Gasteiger partial charge < -0.3 is 21.1 Å². The van der Waals surface area contributed by atoms with E-state index in [4.69, 9.17) is 10.5 Å². The number of rotatable bonds is 7. The number of anilines is 3. The van der Waals surface area contributed by atoms with Crippen LogP contribution >= 0.6 is 0 Å². The first kappa shape index (κ1) is 20.5. The van der Waals surface area contributed by atoms with E-state index in [9.17, 15) is 9.59 Å². The zero-order valence-electron chi connectivity index (χ0n) is 16.5. The summed E-state index contributed by atoms with van der Waals surface area (Å²) in [5, 5.41) is 5.72. The van der Waals surface area contributed by atoms with Gasteiger partial charge in [0.05, 0.1) is 0 Å². The molecule has 4 N–H and O–H groups in total. The van der Waals surface area contributed by atoms with Crippen LogP contribution in [0.1, 0.15) is 43.5 Å². The molecule has 0 spiro atoms. The van der Waals surface area contributed by atoms with E-state index in [0.29, 0.717) is 0 Å². The molecule has 1 aromatic carbocycles. The van der Waals surface area contributed by atoms with Crippen LogP contribution in [0.2, 0.25) is 0 Å². The third kappa shape index (κ3) is 6.13. The topological polar surface area (TPSA) is 132 Å². The van der Waals surface area contributed by atoms with Crippen LogP contribution in [0.3, 0.4) is 0 Å². The Bertz CT molecular complexity index is 867. The Morgan fingerprint density at radius 3 is 2.66 bits per heavy atom. The third-order valence-corrected chi connectivity index (χ3v) is 4.84. The fourth-order valence-corrected chi connectivity index (χ4v) is 3.26. The summed E-state index contributed by atoms with van der Waals surface area (Å²) in [5.74, 6) is -0.135. The highest BCUT2D eigenvalue weighted by atomic mass is 16.5. The lowest BCUT2D eigenvalue weighted by Gasteiger charge is -2.20. The number of benzene rings is 1. The Morgan fingerprint density at radius 2 is 1.90 bits per heavy atom. The number of para-hydroxylation sites is 1. The summed E-state index contributed by atoms with van der Waals surface area (Å²) in [7, 11) is 0. The van der Waals surface area contributed by atoms with Gasteiger partial charge >= 0.3 is 5.97 Å². The number of hydrogen-bond acceptors (Lipinski definition) is 8. The predicted molar refractivity (Wildman–Crippen MR) is 108 cm³/mol. The van der Waals surface area contributed by atoms with Gasteiger partial charge in [0.2, 0.25) is 17.8 Å². The summed E-state index contributed by atoms with van der Waals surface area (Å²) in [6, 6.07) is 7.67. The van der Waals surface area contributed by atoms with Crippen molar-refractivity contribution in [2.24, 2.45) is 5.92 Å². The Kier molecular flexibility index (Phi) is 6.94. The van der Waals surface area contributed by atoms with Crippen molar-refractivity contribution < 1.29 is 14.3 Å². The van der Waals surface area contributed by atoms with Crippen molar-refractivity contribution in [2.45, 2.75) is 45.6 Å². The summed E-state index contributed by atoms with van der Waals surface area (Å²) in [4.78, 5) is 36.3. The lowest BCUT2D eigenvalue weighted by Crippen LogP contribution is -2.36. The third-order valence-electron chi connectivity index (χ3n) is 4.84. The minimum Gasteiger partial charge on any atom is -0.456 e. The molecule has 2 aromatic rings. The fraction of sp³-hybridized carbons (Fsp3) is 0.450. The molecule has 154 valence electrons. The zero-order chi connectivity index (χ0) is 20.6. The molecule has 0 radical (unpaired) electrons. The molecule has 9 nitrogen and oxygen atoms in total. The van der Waals surface area contributed by atoms with E-state index in [-0.39, 0.29) is 42.7 Å². The lowest BCUT2D eigenvalue weighted by molar-refractivity contribution is -0.145. The van der Waals surface area contributed by atoms with Gasteiger partial charge in [0.15, 0.2) is 12.4 Å². The molecule has 0 aliphatic heterocycles. The molecule has 9 heteroatoms. The molecule has 0 bridgehead atoms. The second-order valence-corrected chi connectivity index (χ2v) is 7.09. The Hall–Kier alpha value is -3.23. The van der Waals surface area contributed by atoms with Crippen molar-refractivity contribution in [3.8, 4) is 0 Å². The van der Waals surface area contributed by atoms with Crippen molar-refractivity contribution >= 4 is 29.5 Å². The highest BCUT2D eigenvalue weighted by molar-refractivity contribution is 5.83. The molecular weight excluding hydrogens is 372 g/mol. The monoisotopic (exact) mass is 398 g/mol. The molecule has 1 fully saturated rings. The number of carbonyl (C=O) groups excluding carboxylic acids is 2. The first-order valence-electron chi connectivity index (χ1n) is 9.77. The minimum atomic E-state index is -0.554. The molecule has 1 amide bonds. The molecular formula is C20H26N6O3. The van der Waals surface area contributed by atoms with Crippen LogP contribution in [0.5, 0.6) is 0 Å². The van der Waals surface area contributed by atoms with Crippen molar-refractivity contribution in [3.63, 3.8) is 0 Å². The molecule has 0 unspecified atom stereocenters. The van der Waals surface area contributed by atoms with Crippen LogP contribution in [0, 0.1) is 12.8 Å². The average molecular weight is 398 g/mol. The summed E-state index contributed by atoms with van der Waals surface area (Å²) in [5.41, 5.74) is 7.60. The molecule has 1 heterocycles. The van der Waals surface area contributed by atoms with E-state index in [2.05, 4.69) is 25.6 Å². The number of esters is 1. The van der Waals surface area contributed by atoms with E-state index in [1.165, 1.54) is 6.42 Å². The second kappa shape index (κ2) is 9.81. The van der Waals surface area contributed by atoms with Crippen LogP contribution in [-0.4, -0.2) is 33.4 Å². The van der Waals surface area contributed by atoms with Gasteiger partial charge in [-0.3, -0.25) is 9.59 Å². The van der Waals surface area contributed by atoms with Gasteiger partial charge in [-0.2, -0.15) is 15.0 Å². The zero-order valence-corrected chi connectivity index (χ0v) is 16.5. The first-order chi connectivity index (χ1) is 14.0. The molecule has 1 saturated carbocycles. The molecule has 3 rings (SSSR count). The number of nitrogens with one attached hydrogen (secondary N) is 2.